The second-order valence-electron chi connectivity index (χ2n) is 6.90. The predicted octanol–water partition coefficient (Wildman–Crippen LogP) is 1.77. The maximum absolute atomic E-state index is 12.6. The van der Waals surface area contributed by atoms with Gasteiger partial charge in [-0.25, -0.2) is 4.98 Å². The normalized spacial score (nSPS) is 20.4. The lowest BCUT2D eigenvalue weighted by Gasteiger charge is -2.17. The lowest BCUT2D eigenvalue weighted by atomic mass is 9.89. The van der Waals surface area contributed by atoms with Crippen LogP contribution in [-0.4, -0.2) is 29.7 Å². The fraction of sp³-hybridized carbons (Fsp3) is 0.647. The van der Waals surface area contributed by atoms with Crippen molar-refractivity contribution in [3.8, 4) is 0 Å². The van der Waals surface area contributed by atoms with E-state index >= 15 is 0 Å². The van der Waals surface area contributed by atoms with E-state index in [1.54, 1.807) is 18.4 Å². The third-order valence-electron chi connectivity index (χ3n) is 4.66. The first-order valence-electron chi connectivity index (χ1n) is 8.38. The number of H-pyrrole nitrogens is 1. The van der Waals surface area contributed by atoms with Crippen molar-refractivity contribution in [1.29, 1.82) is 0 Å². The summed E-state index contributed by atoms with van der Waals surface area (Å²) in [5.74, 6) is 1.47. The first-order chi connectivity index (χ1) is 11.0. The van der Waals surface area contributed by atoms with E-state index in [4.69, 9.17) is 9.72 Å². The summed E-state index contributed by atoms with van der Waals surface area (Å²) in [5.41, 5.74) is 1.27. The molecule has 0 amide bonds. The van der Waals surface area contributed by atoms with Gasteiger partial charge in [-0.2, -0.15) is 0 Å². The van der Waals surface area contributed by atoms with Crippen LogP contribution in [-0.2, 0) is 17.6 Å². The van der Waals surface area contributed by atoms with Crippen LogP contribution in [0.5, 0.6) is 0 Å². The molecule has 0 unspecified atom stereocenters. The molecule has 0 bridgehead atoms. The minimum Gasteiger partial charge on any atom is -0.379 e. The highest BCUT2D eigenvalue weighted by molar-refractivity contribution is 7.18. The number of thiophene rings is 1. The van der Waals surface area contributed by atoms with Crippen molar-refractivity contribution < 1.29 is 10.1 Å². The van der Waals surface area contributed by atoms with E-state index in [0.717, 1.165) is 28.9 Å². The molecule has 0 spiro atoms. The molecular weight excluding hydrogens is 310 g/mol. The van der Waals surface area contributed by atoms with Crippen molar-refractivity contribution in [2.75, 3.05) is 13.7 Å². The Hall–Kier alpha value is -1.24. The number of nitrogens with two attached hydrogens (primary N) is 1. The lowest BCUT2D eigenvalue weighted by molar-refractivity contribution is -0.724. The molecule has 6 heteroatoms. The summed E-state index contributed by atoms with van der Waals surface area (Å²) >= 11 is 1.71. The summed E-state index contributed by atoms with van der Waals surface area (Å²) < 4.78 is 5.18. The Balaban J connectivity index is 1.94. The molecule has 0 aliphatic heterocycles. The van der Waals surface area contributed by atoms with Gasteiger partial charge in [0.25, 0.3) is 5.56 Å². The van der Waals surface area contributed by atoms with E-state index in [1.807, 2.05) is 0 Å². The van der Waals surface area contributed by atoms with Crippen LogP contribution < -0.4 is 10.9 Å². The molecule has 3 rings (SSSR count). The second kappa shape index (κ2) is 6.71. The Morgan fingerprint density at radius 2 is 2.26 bits per heavy atom. The number of methoxy groups -OCH3 is 1. The van der Waals surface area contributed by atoms with E-state index in [9.17, 15) is 4.79 Å². The van der Waals surface area contributed by atoms with Crippen LogP contribution in [0.4, 0.5) is 0 Å². The van der Waals surface area contributed by atoms with Gasteiger partial charge in [0.05, 0.1) is 12.0 Å². The number of ether oxygens (including phenoxy) is 1. The summed E-state index contributed by atoms with van der Waals surface area (Å²) in [6.45, 7) is 7.15. The lowest BCUT2D eigenvalue weighted by Crippen LogP contribution is -2.90. The SMILES string of the molecule is COC[C@H](C)[NH2+][C@@H](C)c1nc2sc3c(c2c(=O)[nH]1)CC[C@@H](C)C3. The Bertz CT molecular complexity index is 752. The van der Waals surface area contributed by atoms with E-state index in [1.165, 1.54) is 16.9 Å². The smallest absolute Gasteiger partial charge is 0.260 e. The molecule has 0 aromatic carbocycles. The Morgan fingerprint density at radius 3 is 3.00 bits per heavy atom. The van der Waals surface area contributed by atoms with Crippen molar-refractivity contribution in [2.45, 2.75) is 52.1 Å². The number of rotatable bonds is 5. The Labute approximate surface area is 140 Å². The van der Waals surface area contributed by atoms with Crippen molar-refractivity contribution in [2.24, 2.45) is 5.92 Å². The maximum atomic E-state index is 12.6. The number of fused-ring (bicyclic) bond motifs is 3. The highest BCUT2D eigenvalue weighted by Gasteiger charge is 2.24. The number of nitrogens with zero attached hydrogens (tertiary/aromatic N) is 1. The Morgan fingerprint density at radius 1 is 1.48 bits per heavy atom. The van der Waals surface area contributed by atoms with Crippen LogP contribution in [0, 0.1) is 5.92 Å². The number of hydrogen-bond donors (Lipinski definition) is 2. The van der Waals surface area contributed by atoms with Crippen LogP contribution in [0.15, 0.2) is 4.79 Å². The van der Waals surface area contributed by atoms with E-state index in [2.05, 4.69) is 31.1 Å². The van der Waals surface area contributed by atoms with E-state index in [-0.39, 0.29) is 11.6 Å². The molecule has 2 aromatic heterocycles. The Kier molecular flexibility index (Phi) is 4.85. The molecule has 126 valence electrons. The van der Waals surface area contributed by atoms with Crippen LogP contribution in [0.1, 0.15) is 49.5 Å². The van der Waals surface area contributed by atoms with Crippen molar-refractivity contribution in [3.05, 3.63) is 26.6 Å². The van der Waals surface area contributed by atoms with Gasteiger partial charge in [-0.3, -0.25) is 4.79 Å². The topological polar surface area (TPSA) is 71.6 Å². The average molecular weight is 336 g/mol. The number of nitrogens with one attached hydrogen (secondary N) is 1. The summed E-state index contributed by atoms with van der Waals surface area (Å²) in [4.78, 5) is 22.7. The van der Waals surface area contributed by atoms with Crippen LogP contribution in [0.3, 0.4) is 0 Å². The quantitative estimate of drug-likeness (QED) is 0.874. The molecule has 23 heavy (non-hydrogen) atoms. The van der Waals surface area contributed by atoms with Gasteiger partial charge in [0.2, 0.25) is 0 Å². The first-order valence-corrected chi connectivity index (χ1v) is 9.19. The zero-order valence-corrected chi connectivity index (χ0v) is 15.1. The zero-order valence-electron chi connectivity index (χ0n) is 14.3. The molecule has 1 aliphatic carbocycles. The molecule has 1 aliphatic rings. The largest absolute Gasteiger partial charge is 0.379 e. The van der Waals surface area contributed by atoms with E-state index in [0.29, 0.717) is 18.6 Å². The fourth-order valence-corrected chi connectivity index (χ4v) is 4.87. The molecular formula is C17H26N3O2S+. The minimum absolute atomic E-state index is 0.0247. The summed E-state index contributed by atoms with van der Waals surface area (Å²) in [7, 11) is 1.71. The minimum atomic E-state index is 0.0247. The van der Waals surface area contributed by atoms with Crippen molar-refractivity contribution >= 4 is 21.6 Å². The molecule has 2 heterocycles. The number of quaternary nitrogens is 1. The van der Waals surface area contributed by atoms with Gasteiger partial charge in [0.15, 0.2) is 5.82 Å². The molecule has 5 nitrogen and oxygen atoms in total. The average Bonchev–Trinajstić information content (AvgIpc) is 2.84. The molecule has 3 atom stereocenters. The van der Waals surface area contributed by atoms with Gasteiger partial charge >= 0.3 is 0 Å². The zero-order chi connectivity index (χ0) is 16.6. The number of aromatic amines is 1. The number of aryl methyl sites for hydroxylation is 1. The summed E-state index contributed by atoms with van der Waals surface area (Å²) in [6.07, 6.45) is 3.25. The molecule has 0 saturated carbocycles. The predicted molar refractivity (Wildman–Crippen MR) is 93.1 cm³/mol. The van der Waals surface area contributed by atoms with E-state index < -0.39 is 0 Å². The van der Waals surface area contributed by atoms with Gasteiger partial charge in [-0.05, 0) is 44.6 Å². The summed E-state index contributed by atoms with van der Waals surface area (Å²) in [5, 5.41) is 3.02. The van der Waals surface area contributed by atoms with Gasteiger partial charge in [-0.15, -0.1) is 11.3 Å². The standard InChI is InChI=1S/C17H25N3O2S/c1-9-5-6-12-13(7-9)23-17-14(12)16(21)19-15(20-17)11(3)18-10(2)8-22-4/h9-11,18H,5-8H2,1-4H3,(H,19,20,21)/p+1/t9-,10+,11+/m1/s1. The summed E-state index contributed by atoms with van der Waals surface area (Å²) in [6, 6.07) is 0.434. The molecule has 3 N–H and O–H groups in total. The number of hydrogen-bond acceptors (Lipinski definition) is 4. The van der Waals surface area contributed by atoms with Gasteiger partial charge in [-0.1, -0.05) is 6.92 Å². The third kappa shape index (κ3) is 3.34. The third-order valence-corrected chi connectivity index (χ3v) is 5.81. The molecule has 0 radical (unpaired) electrons. The van der Waals surface area contributed by atoms with Crippen LogP contribution in [0.25, 0.3) is 10.2 Å². The van der Waals surface area contributed by atoms with Crippen molar-refractivity contribution in [3.63, 3.8) is 0 Å². The molecule has 0 fully saturated rings. The van der Waals surface area contributed by atoms with Gasteiger partial charge in [0, 0.05) is 12.0 Å². The first kappa shape index (κ1) is 16.6. The fourth-order valence-electron chi connectivity index (χ4n) is 3.48. The van der Waals surface area contributed by atoms with Gasteiger partial charge in [0.1, 0.15) is 16.9 Å². The molecule has 0 saturated heterocycles. The maximum Gasteiger partial charge on any atom is 0.260 e. The number of aromatic nitrogens is 2. The van der Waals surface area contributed by atoms with Crippen LogP contribution >= 0.6 is 11.3 Å². The van der Waals surface area contributed by atoms with Crippen molar-refractivity contribution in [1.82, 2.24) is 9.97 Å². The highest BCUT2D eigenvalue weighted by Crippen LogP contribution is 2.35. The van der Waals surface area contributed by atoms with Gasteiger partial charge < -0.3 is 15.0 Å². The monoisotopic (exact) mass is 336 g/mol. The highest BCUT2D eigenvalue weighted by atomic mass is 32.1. The second-order valence-corrected chi connectivity index (χ2v) is 7.98. The molecule has 2 aromatic rings. The van der Waals surface area contributed by atoms with Crippen LogP contribution in [0.2, 0.25) is 0 Å².